The fourth-order valence-corrected chi connectivity index (χ4v) is 0.962. The molecule has 0 amide bonds. The molecule has 0 aliphatic carbocycles. The normalized spacial score (nSPS) is 10.6. The number of carbonyl (C=O) groups is 1. The van der Waals surface area contributed by atoms with E-state index in [-0.39, 0.29) is 5.56 Å². The number of carboxylic acids is 1. The Balaban J connectivity index is 3.29. The first-order chi connectivity index (χ1) is 6.50. The molecule has 0 spiro atoms. The Morgan fingerprint density at radius 1 is 1.36 bits per heavy atom. The molecular weight excluding hydrogens is 188 g/mol. The lowest BCUT2D eigenvalue weighted by atomic mass is 10.2. The maximum Gasteiger partial charge on any atom is 0.325 e. The van der Waals surface area contributed by atoms with Crippen LogP contribution in [0.1, 0.15) is 11.3 Å². The van der Waals surface area contributed by atoms with Crippen molar-refractivity contribution in [2.24, 2.45) is 0 Å². The Hall–Kier alpha value is -2.11. The SMILES string of the molecule is Cc1[nH]c(=O)[nH]c(=O)c1/C=C/C(=O)[O-]. The van der Waals surface area contributed by atoms with Crippen LogP contribution in [0.15, 0.2) is 15.7 Å². The van der Waals surface area contributed by atoms with Gasteiger partial charge in [0.1, 0.15) is 0 Å². The Kier molecular flexibility index (Phi) is 2.66. The van der Waals surface area contributed by atoms with E-state index in [1.165, 1.54) is 6.92 Å². The largest absolute Gasteiger partial charge is 0.545 e. The van der Waals surface area contributed by atoms with Gasteiger partial charge in [-0.15, -0.1) is 0 Å². The fraction of sp³-hybridized carbons (Fsp3) is 0.125. The zero-order chi connectivity index (χ0) is 10.7. The third kappa shape index (κ3) is 2.19. The predicted octanol–water partition coefficient (Wildman–Crippen LogP) is -1.87. The van der Waals surface area contributed by atoms with E-state index in [0.29, 0.717) is 5.69 Å². The van der Waals surface area contributed by atoms with Gasteiger partial charge in [0.05, 0.1) is 11.5 Å². The van der Waals surface area contributed by atoms with Crippen molar-refractivity contribution in [1.82, 2.24) is 9.97 Å². The molecule has 0 aliphatic rings. The lowest BCUT2D eigenvalue weighted by molar-refractivity contribution is -0.297. The Bertz CT molecular complexity index is 495. The van der Waals surface area contributed by atoms with Crippen molar-refractivity contribution < 1.29 is 9.90 Å². The highest BCUT2D eigenvalue weighted by molar-refractivity contribution is 5.83. The van der Waals surface area contributed by atoms with Crippen molar-refractivity contribution in [2.75, 3.05) is 0 Å². The van der Waals surface area contributed by atoms with Crippen molar-refractivity contribution in [1.29, 1.82) is 0 Å². The monoisotopic (exact) mass is 195 g/mol. The number of nitrogens with one attached hydrogen (secondary N) is 2. The third-order valence-electron chi connectivity index (χ3n) is 1.56. The second kappa shape index (κ2) is 3.73. The number of carboxylic acid groups (broad SMARTS) is 1. The highest BCUT2D eigenvalue weighted by atomic mass is 16.4. The van der Waals surface area contributed by atoms with Crippen molar-refractivity contribution in [3.8, 4) is 0 Å². The second-order valence-corrected chi connectivity index (χ2v) is 2.60. The van der Waals surface area contributed by atoms with Crippen LogP contribution < -0.4 is 16.4 Å². The molecule has 1 heterocycles. The quantitative estimate of drug-likeness (QED) is 0.539. The molecule has 0 bridgehead atoms. The summed E-state index contributed by atoms with van der Waals surface area (Å²) in [5.74, 6) is -1.41. The van der Waals surface area contributed by atoms with Crippen molar-refractivity contribution in [3.63, 3.8) is 0 Å². The Labute approximate surface area is 77.9 Å². The van der Waals surface area contributed by atoms with Crippen LogP contribution in [-0.4, -0.2) is 15.9 Å². The molecular formula is C8H7N2O4-. The second-order valence-electron chi connectivity index (χ2n) is 2.60. The number of hydrogen-bond acceptors (Lipinski definition) is 4. The number of aliphatic carboxylic acids is 1. The van der Waals surface area contributed by atoms with Gasteiger partial charge in [0.2, 0.25) is 0 Å². The summed E-state index contributed by atoms with van der Waals surface area (Å²) in [6, 6.07) is 0. The average Bonchev–Trinajstić information content (AvgIpc) is 2.01. The minimum Gasteiger partial charge on any atom is -0.545 e. The van der Waals surface area contributed by atoms with Crippen LogP contribution in [0.2, 0.25) is 0 Å². The molecule has 0 unspecified atom stereocenters. The van der Waals surface area contributed by atoms with E-state index < -0.39 is 17.2 Å². The molecule has 2 N–H and O–H groups in total. The molecule has 0 fully saturated rings. The molecule has 14 heavy (non-hydrogen) atoms. The minimum absolute atomic E-state index is 0.0915. The van der Waals surface area contributed by atoms with Crippen LogP contribution in [0.3, 0.4) is 0 Å². The van der Waals surface area contributed by atoms with Crippen LogP contribution in [0.4, 0.5) is 0 Å². The standard InChI is InChI=1S/C8H8N2O4/c1-4-5(2-3-6(11)12)7(13)10-8(14)9-4/h2-3H,1H3,(H,11,12)(H2,9,10,13,14)/p-1/b3-2+. The van der Waals surface area contributed by atoms with Gasteiger partial charge in [-0.3, -0.25) is 9.78 Å². The molecule has 0 aliphatic heterocycles. The zero-order valence-electron chi connectivity index (χ0n) is 7.29. The van der Waals surface area contributed by atoms with E-state index in [2.05, 4.69) is 4.98 Å². The molecule has 0 saturated heterocycles. The summed E-state index contributed by atoms with van der Waals surface area (Å²) in [6.45, 7) is 1.49. The first kappa shape index (κ1) is 9.97. The molecule has 74 valence electrons. The van der Waals surface area contributed by atoms with E-state index in [9.17, 15) is 19.5 Å². The van der Waals surface area contributed by atoms with Crippen LogP contribution in [-0.2, 0) is 4.79 Å². The fourth-order valence-electron chi connectivity index (χ4n) is 0.962. The molecule has 0 radical (unpaired) electrons. The van der Waals surface area contributed by atoms with E-state index in [4.69, 9.17) is 0 Å². The summed E-state index contributed by atoms with van der Waals surface area (Å²) in [6.07, 6.45) is 1.79. The molecule has 6 nitrogen and oxygen atoms in total. The molecule has 0 atom stereocenters. The molecule has 0 aromatic carbocycles. The summed E-state index contributed by atoms with van der Waals surface area (Å²) in [5, 5.41) is 10.1. The summed E-state index contributed by atoms with van der Waals surface area (Å²) in [5.41, 5.74) is -0.869. The first-order valence-electron chi connectivity index (χ1n) is 3.73. The molecule has 6 heteroatoms. The minimum atomic E-state index is -1.41. The van der Waals surface area contributed by atoms with Gasteiger partial charge in [0, 0.05) is 5.69 Å². The lowest BCUT2D eigenvalue weighted by Crippen LogP contribution is -2.25. The van der Waals surface area contributed by atoms with Crippen molar-refractivity contribution in [3.05, 3.63) is 38.2 Å². The van der Waals surface area contributed by atoms with Crippen molar-refractivity contribution >= 4 is 12.0 Å². The third-order valence-corrected chi connectivity index (χ3v) is 1.56. The van der Waals surface area contributed by atoms with E-state index in [1.807, 2.05) is 4.98 Å². The first-order valence-corrected chi connectivity index (χ1v) is 3.73. The highest BCUT2D eigenvalue weighted by Gasteiger charge is 2.00. The van der Waals surface area contributed by atoms with Gasteiger partial charge in [0.25, 0.3) is 5.56 Å². The maximum atomic E-state index is 11.1. The molecule has 1 aromatic heterocycles. The molecule has 1 rings (SSSR count). The van der Waals surface area contributed by atoms with Gasteiger partial charge in [-0.05, 0) is 19.1 Å². The summed E-state index contributed by atoms with van der Waals surface area (Å²) in [4.78, 5) is 36.3. The topological polar surface area (TPSA) is 106 Å². The summed E-state index contributed by atoms with van der Waals surface area (Å²) in [7, 11) is 0. The van der Waals surface area contributed by atoms with Gasteiger partial charge in [-0.1, -0.05) is 0 Å². The Morgan fingerprint density at radius 2 is 2.00 bits per heavy atom. The number of rotatable bonds is 2. The number of H-pyrrole nitrogens is 2. The Morgan fingerprint density at radius 3 is 2.50 bits per heavy atom. The average molecular weight is 195 g/mol. The number of aromatic amines is 2. The number of carbonyl (C=O) groups excluding carboxylic acids is 1. The lowest BCUT2D eigenvalue weighted by Gasteiger charge is -1.97. The van der Waals surface area contributed by atoms with Gasteiger partial charge < -0.3 is 14.9 Å². The van der Waals surface area contributed by atoms with E-state index in [1.54, 1.807) is 0 Å². The number of aromatic nitrogens is 2. The van der Waals surface area contributed by atoms with E-state index >= 15 is 0 Å². The zero-order valence-corrected chi connectivity index (χ0v) is 7.29. The van der Waals surface area contributed by atoms with Gasteiger partial charge in [0.15, 0.2) is 0 Å². The van der Waals surface area contributed by atoms with Crippen molar-refractivity contribution in [2.45, 2.75) is 6.92 Å². The predicted molar refractivity (Wildman–Crippen MR) is 46.5 cm³/mol. The summed E-state index contributed by atoms with van der Waals surface area (Å²) < 4.78 is 0. The smallest absolute Gasteiger partial charge is 0.325 e. The highest BCUT2D eigenvalue weighted by Crippen LogP contribution is 1.96. The van der Waals surface area contributed by atoms with Crippen LogP contribution in [0.25, 0.3) is 6.08 Å². The van der Waals surface area contributed by atoms with Gasteiger partial charge >= 0.3 is 5.69 Å². The van der Waals surface area contributed by atoms with Crippen LogP contribution in [0.5, 0.6) is 0 Å². The molecule has 0 saturated carbocycles. The van der Waals surface area contributed by atoms with Crippen LogP contribution in [0, 0.1) is 6.92 Å². The maximum absolute atomic E-state index is 11.1. The number of aryl methyl sites for hydroxylation is 1. The van der Waals surface area contributed by atoms with Gasteiger partial charge in [-0.2, -0.15) is 0 Å². The number of hydrogen-bond donors (Lipinski definition) is 2. The summed E-state index contributed by atoms with van der Waals surface area (Å²) >= 11 is 0. The molecule has 1 aromatic rings. The van der Waals surface area contributed by atoms with E-state index in [0.717, 1.165) is 12.2 Å². The van der Waals surface area contributed by atoms with Gasteiger partial charge in [-0.25, -0.2) is 4.79 Å². The van der Waals surface area contributed by atoms with Crippen LogP contribution >= 0.6 is 0 Å².